The van der Waals surface area contributed by atoms with E-state index >= 15 is 0 Å². The molecule has 1 aromatic carbocycles. The largest absolute Gasteiger partial charge is 0.506 e. The van der Waals surface area contributed by atoms with E-state index in [-0.39, 0.29) is 28.8 Å². The van der Waals surface area contributed by atoms with Crippen LogP contribution in [0.25, 0.3) is 5.57 Å². The van der Waals surface area contributed by atoms with Gasteiger partial charge in [0.1, 0.15) is 5.75 Å². The molecule has 12 heteroatoms. The Hall–Kier alpha value is 0.470. The molecule has 2 aromatic rings. The summed E-state index contributed by atoms with van der Waals surface area (Å²) in [6, 6.07) is 3.26. The molecule has 1 aromatic heterocycles. The second-order valence-electron chi connectivity index (χ2n) is 4.56. The first-order valence-corrected chi connectivity index (χ1v) is 9.94. The molecule has 0 bridgehead atoms. The van der Waals surface area contributed by atoms with Crippen LogP contribution in [0.15, 0.2) is 27.7 Å². The average Bonchev–Trinajstić information content (AvgIpc) is 2.48. The zero-order valence-corrected chi connectivity index (χ0v) is 19.4. The topological polar surface area (TPSA) is 58.9 Å². The summed E-state index contributed by atoms with van der Waals surface area (Å²) in [5, 5.41) is 10.3. The minimum Gasteiger partial charge on any atom is -0.506 e. The Morgan fingerprint density at radius 1 is 0.920 bits per heavy atom. The summed E-state index contributed by atoms with van der Waals surface area (Å²) < 4.78 is -2.87. The number of alkyl halides is 6. The summed E-state index contributed by atoms with van der Waals surface area (Å²) in [7, 11) is 0. The summed E-state index contributed by atoms with van der Waals surface area (Å²) in [4.78, 5) is 12.0. The van der Waals surface area contributed by atoms with E-state index in [0.717, 1.165) is 0 Å². The van der Waals surface area contributed by atoms with Crippen LogP contribution < -0.4 is 0 Å². The lowest BCUT2D eigenvalue weighted by molar-refractivity contribution is 0.470. The van der Waals surface area contributed by atoms with Crippen molar-refractivity contribution < 1.29 is 5.11 Å². The second kappa shape index (κ2) is 7.84. The standard InChI is InChI=1S/C13H5Br2Cl6N3O/c1-4(6-2-5(14)3-7(15)8(6)25)9-22-10(12(16,17)18)24-11(23-9)13(19,20)21/h2-3,25H,1H2. The van der Waals surface area contributed by atoms with Crippen LogP contribution in [0.4, 0.5) is 0 Å². The maximum absolute atomic E-state index is 10.3. The van der Waals surface area contributed by atoms with E-state index in [9.17, 15) is 5.11 Å². The Morgan fingerprint density at radius 3 is 1.84 bits per heavy atom. The van der Waals surface area contributed by atoms with Gasteiger partial charge in [-0.25, -0.2) is 15.0 Å². The molecule has 0 unspecified atom stereocenters. The van der Waals surface area contributed by atoms with Crippen molar-refractivity contribution in [3.8, 4) is 5.75 Å². The van der Waals surface area contributed by atoms with Gasteiger partial charge in [-0.2, -0.15) is 0 Å². The predicted octanol–water partition coefficient (Wildman–Crippen LogP) is 6.82. The van der Waals surface area contributed by atoms with E-state index in [1.54, 1.807) is 12.1 Å². The van der Waals surface area contributed by atoms with Crippen molar-refractivity contribution in [1.82, 2.24) is 15.0 Å². The van der Waals surface area contributed by atoms with Gasteiger partial charge in [0.25, 0.3) is 0 Å². The van der Waals surface area contributed by atoms with Crippen LogP contribution in [-0.4, -0.2) is 20.1 Å². The molecule has 2 rings (SSSR count). The van der Waals surface area contributed by atoms with E-state index in [2.05, 4.69) is 53.4 Å². The zero-order chi connectivity index (χ0) is 19.2. The van der Waals surface area contributed by atoms with E-state index in [1.165, 1.54) is 0 Å². The molecule has 0 saturated heterocycles. The number of aromatic nitrogens is 3. The van der Waals surface area contributed by atoms with Gasteiger partial charge < -0.3 is 5.11 Å². The number of benzene rings is 1. The summed E-state index contributed by atoms with van der Waals surface area (Å²) in [5.74, 6) is -0.616. The fourth-order valence-corrected chi connectivity index (χ4v) is 3.41. The smallest absolute Gasteiger partial charge is 0.250 e. The molecular weight excluding hydrogens is 587 g/mol. The highest BCUT2D eigenvalue weighted by molar-refractivity contribution is 9.11. The maximum Gasteiger partial charge on any atom is 0.250 e. The van der Waals surface area contributed by atoms with Gasteiger partial charge in [-0.05, 0) is 28.1 Å². The maximum atomic E-state index is 10.3. The van der Waals surface area contributed by atoms with Gasteiger partial charge >= 0.3 is 0 Å². The molecule has 1 heterocycles. The number of halogens is 8. The first-order valence-electron chi connectivity index (χ1n) is 6.09. The van der Waals surface area contributed by atoms with Gasteiger partial charge in [-0.1, -0.05) is 92.1 Å². The molecule has 4 nitrogen and oxygen atoms in total. The van der Waals surface area contributed by atoms with E-state index in [1.807, 2.05) is 0 Å². The predicted molar refractivity (Wildman–Crippen MR) is 110 cm³/mol. The van der Waals surface area contributed by atoms with Crippen LogP contribution in [0.3, 0.4) is 0 Å². The lowest BCUT2D eigenvalue weighted by Gasteiger charge is -2.17. The average molecular weight is 592 g/mol. The lowest BCUT2D eigenvalue weighted by atomic mass is 10.1. The molecule has 0 spiro atoms. The Labute approximate surface area is 189 Å². The Bertz CT molecular complexity index is 819. The van der Waals surface area contributed by atoms with Crippen molar-refractivity contribution in [3.05, 3.63) is 50.7 Å². The van der Waals surface area contributed by atoms with Crippen molar-refractivity contribution in [2.45, 2.75) is 7.59 Å². The van der Waals surface area contributed by atoms with E-state index < -0.39 is 7.59 Å². The summed E-state index contributed by atoms with van der Waals surface area (Å²) in [6.07, 6.45) is 0. The molecule has 134 valence electrons. The number of rotatable bonds is 2. The molecule has 0 fully saturated rings. The SMILES string of the molecule is C=C(c1nc(C(Cl)(Cl)Cl)nc(C(Cl)(Cl)Cl)n1)c1cc(Br)cc(Br)c1O. The minimum atomic E-state index is -1.98. The third kappa shape index (κ3) is 5.26. The molecule has 0 aliphatic rings. The summed E-state index contributed by atoms with van der Waals surface area (Å²) in [5.41, 5.74) is 0.519. The van der Waals surface area contributed by atoms with Gasteiger partial charge in [0, 0.05) is 15.6 Å². The highest BCUT2D eigenvalue weighted by Gasteiger charge is 2.34. The van der Waals surface area contributed by atoms with Crippen LogP contribution in [-0.2, 0) is 7.59 Å². The number of phenols is 1. The number of nitrogens with zero attached hydrogens (tertiary/aromatic N) is 3. The monoisotopic (exact) mass is 587 g/mol. The number of phenolic OH excluding ortho intramolecular Hbond substituents is 1. The van der Waals surface area contributed by atoms with Gasteiger partial charge in [-0.15, -0.1) is 0 Å². The molecule has 25 heavy (non-hydrogen) atoms. The van der Waals surface area contributed by atoms with Crippen LogP contribution in [0.2, 0.25) is 0 Å². The van der Waals surface area contributed by atoms with E-state index in [0.29, 0.717) is 14.5 Å². The number of aromatic hydroxyl groups is 1. The van der Waals surface area contributed by atoms with Crippen molar-refractivity contribution in [2.24, 2.45) is 0 Å². The quantitative estimate of drug-likeness (QED) is 0.390. The lowest BCUT2D eigenvalue weighted by Crippen LogP contribution is -2.18. The fourth-order valence-electron chi connectivity index (χ4n) is 1.68. The molecule has 1 N–H and O–H groups in total. The Morgan fingerprint density at radius 2 is 1.40 bits per heavy atom. The van der Waals surface area contributed by atoms with Crippen molar-refractivity contribution in [3.63, 3.8) is 0 Å². The highest BCUT2D eigenvalue weighted by Crippen LogP contribution is 2.42. The van der Waals surface area contributed by atoms with Gasteiger partial charge in [-0.3, -0.25) is 0 Å². The molecule has 0 saturated carbocycles. The first-order chi connectivity index (χ1) is 11.3. The summed E-state index contributed by atoms with van der Waals surface area (Å²) in [6.45, 7) is 3.87. The van der Waals surface area contributed by atoms with Crippen LogP contribution >= 0.6 is 101 Å². The second-order valence-corrected chi connectivity index (χ2v) is 10.9. The minimum absolute atomic E-state index is 0.0297. The summed E-state index contributed by atoms with van der Waals surface area (Å²) >= 11 is 41.6. The van der Waals surface area contributed by atoms with Crippen molar-refractivity contribution in [1.29, 1.82) is 0 Å². The van der Waals surface area contributed by atoms with Crippen molar-refractivity contribution in [2.75, 3.05) is 0 Å². The van der Waals surface area contributed by atoms with E-state index in [4.69, 9.17) is 69.6 Å². The third-order valence-electron chi connectivity index (χ3n) is 2.77. The molecule has 0 radical (unpaired) electrons. The number of hydrogen-bond acceptors (Lipinski definition) is 4. The molecular formula is C13H5Br2Cl6N3O. The zero-order valence-electron chi connectivity index (χ0n) is 11.7. The highest BCUT2D eigenvalue weighted by atomic mass is 79.9. The van der Waals surface area contributed by atoms with Crippen molar-refractivity contribution >= 4 is 107 Å². The molecule has 0 atom stereocenters. The normalized spacial score (nSPS) is 12.3. The van der Waals surface area contributed by atoms with Gasteiger partial charge in [0.05, 0.1) is 4.47 Å². The number of hydrogen-bond donors (Lipinski definition) is 1. The molecule has 0 amide bonds. The molecule has 0 aliphatic heterocycles. The molecule has 0 aliphatic carbocycles. The third-order valence-corrected chi connectivity index (χ3v) is 4.84. The fraction of sp³-hybridized carbons (Fsp3) is 0.154. The Kier molecular flexibility index (Phi) is 6.82. The van der Waals surface area contributed by atoms with Gasteiger partial charge in [0.15, 0.2) is 17.5 Å². The first kappa shape index (κ1) is 21.8. The van der Waals surface area contributed by atoms with Crippen LogP contribution in [0.5, 0.6) is 5.75 Å². The Balaban J connectivity index is 2.68. The van der Waals surface area contributed by atoms with Crippen LogP contribution in [0.1, 0.15) is 23.0 Å². The van der Waals surface area contributed by atoms with Crippen LogP contribution in [0, 0.1) is 0 Å². The van der Waals surface area contributed by atoms with Gasteiger partial charge in [0.2, 0.25) is 7.59 Å².